The number of hydrogen-bond donors (Lipinski definition) is 2. The average Bonchev–Trinajstić information content (AvgIpc) is 2.25. The lowest BCUT2D eigenvalue weighted by molar-refractivity contribution is 0.183. The van der Waals surface area contributed by atoms with Crippen molar-refractivity contribution in [3.8, 4) is 5.75 Å². The molecule has 0 amide bonds. The Labute approximate surface area is 91.9 Å². The molecule has 2 rings (SSSR count). The topological polar surface area (TPSA) is 47.3 Å². The molecule has 5 heteroatoms. The van der Waals surface area contributed by atoms with Crippen molar-refractivity contribution in [2.75, 3.05) is 6.54 Å². The van der Waals surface area contributed by atoms with E-state index in [-0.39, 0.29) is 5.75 Å². The Morgan fingerprint density at radius 2 is 2.19 bits per heavy atom. The van der Waals surface area contributed by atoms with Crippen LogP contribution in [0, 0.1) is 11.6 Å². The molecule has 0 unspecified atom stereocenters. The summed E-state index contributed by atoms with van der Waals surface area (Å²) in [6, 6.07) is 3.16. The van der Waals surface area contributed by atoms with E-state index in [1.807, 2.05) is 6.08 Å². The van der Waals surface area contributed by atoms with Gasteiger partial charge in [-0.3, -0.25) is 5.32 Å². The second-order valence-electron chi connectivity index (χ2n) is 3.52. The smallest absolute Gasteiger partial charge is 0.190 e. The van der Waals surface area contributed by atoms with Gasteiger partial charge in [-0.15, -0.1) is 0 Å². The third-order valence-corrected chi connectivity index (χ3v) is 2.30. The van der Waals surface area contributed by atoms with Gasteiger partial charge in [0.15, 0.2) is 17.8 Å². The van der Waals surface area contributed by atoms with Crippen LogP contribution in [0.15, 0.2) is 30.0 Å². The van der Waals surface area contributed by atoms with Gasteiger partial charge in [-0.1, -0.05) is 6.08 Å². The zero-order valence-electron chi connectivity index (χ0n) is 8.54. The predicted octanol–water partition coefficient (Wildman–Crippen LogP) is 1.51. The van der Waals surface area contributed by atoms with Crippen LogP contribution >= 0.6 is 0 Å². The highest BCUT2D eigenvalue weighted by atomic mass is 19.1. The van der Waals surface area contributed by atoms with Crippen molar-refractivity contribution in [2.24, 2.45) is 5.73 Å². The summed E-state index contributed by atoms with van der Waals surface area (Å²) in [6.07, 6.45) is 2.09. The van der Waals surface area contributed by atoms with Crippen LogP contribution in [0.3, 0.4) is 0 Å². The molecule has 0 aromatic heterocycles. The monoisotopic (exact) mass is 226 g/mol. The van der Waals surface area contributed by atoms with Gasteiger partial charge in [-0.2, -0.15) is 0 Å². The maximum absolute atomic E-state index is 13.3. The summed E-state index contributed by atoms with van der Waals surface area (Å²) in [5.41, 5.74) is 6.19. The Morgan fingerprint density at radius 1 is 1.38 bits per heavy atom. The van der Waals surface area contributed by atoms with E-state index in [2.05, 4.69) is 5.32 Å². The molecule has 0 saturated carbocycles. The van der Waals surface area contributed by atoms with Crippen LogP contribution in [0.4, 0.5) is 8.78 Å². The van der Waals surface area contributed by atoms with E-state index in [0.717, 1.165) is 18.6 Å². The van der Waals surface area contributed by atoms with Crippen LogP contribution in [0.5, 0.6) is 5.75 Å². The normalized spacial score (nSPS) is 20.4. The van der Waals surface area contributed by atoms with E-state index < -0.39 is 17.9 Å². The van der Waals surface area contributed by atoms with Gasteiger partial charge < -0.3 is 10.5 Å². The fourth-order valence-corrected chi connectivity index (χ4v) is 1.49. The van der Waals surface area contributed by atoms with Crippen LogP contribution in [-0.4, -0.2) is 12.8 Å². The van der Waals surface area contributed by atoms with Gasteiger partial charge in [-0.05, 0) is 18.6 Å². The van der Waals surface area contributed by atoms with Crippen molar-refractivity contribution in [1.29, 1.82) is 0 Å². The Bertz CT molecular complexity index is 420. The van der Waals surface area contributed by atoms with Gasteiger partial charge in [0.25, 0.3) is 0 Å². The van der Waals surface area contributed by atoms with Crippen LogP contribution in [0.1, 0.15) is 6.42 Å². The van der Waals surface area contributed by atoms with Crippen molar-refractivity contribution in [3.63, 3.8) is 0 Å². The first-order valence-electron chi connectivity index (χ1n) is 4.97. The third-order valence-electron chi connectivity index (χ3n) is 2.30. The average molecular weight is 226 g/mol. The Balaban J connectivity index is 2.14. The lowest BCUT2D eigenvalue weighted by Crippen LogP contribution is -2.42. The van der Waals surface area contributed by atoms with E-state index in [4.69, 9.17) is 10.5 Å². The van der Waals surface area contributed by atoms with Gasteiger partial charge in [0.2, 0.25) is 0 Å². The number of ether oxygens (including phenoxy) is 1. The summed E-state index contributed by atoms with van der Waals surface area (Å²) in [7, 11) is 0. The fraction of sp³-hybridized carbons (Fsp3) is 0.273. The molecule has 16 heavy (non-hydrogen) atoms. The fourth-order valence-electron chi connectivity index (χ4n) is 1.49. The summed E-state index contributed by atoms with van der Waals surface area (Å²) in [6.45, 7) is 0.716. The summed E-state index contributed by atoms with van der Waals surface area (Å²) >= 11 is 0. The minimum atomic E-state index is -0.736. The maximum atomic E-state index is 13.3. The molecule has 3 N–H and O–H groups in total. The molecule has 86 valence electrons. The third kappa shape index (κ3) is 2.30. The molecule has 0 spiro atoms. The molecule has 1 aromatic rings. The van der Waals surface area contributed by atoms with Gasteiger partial charge in [0.1, 0.15) is 5.82 Å². The molecule has 1 atom stereocenters. The second kappa shape index (κ2) is 4.49. The minimum Gasteiger partial charge on any atom is -0.467 e. The van der Waals surface area contributed by atoms with Crippen LogP contribution in [-0.2, 0) is 0 Å². The van der Waals surface area contributed by atoms with Crippen molar-refractivity contribution >= 4 is 0 Å². The SMILES string of the molecule is NC1=CCCN[C@@H]1Oc1ccc(F)cc1F. The Hall–Kier alpha value is -1.62. The molecule has 3 nitrogen and oxygen atoms in total. The zero-order valence-corrected chi connectivity index (χ0v) is 8.54. The van der Waals surface area contributed by atoms with Gasteiger partial charge in [-0.25, -0.2) is 8.78 Å². The number of rotatable bonds is 2. The molecule has 0 fully saturated rings. The van der Waals surface area contributed by atoms with Crippen LogP contribution < -0.4 is 15.8 Å². The highest BCUT2D eigenvalue weighted by molar-refractivity contribution is 5.26. The number of hydrogen-bond acceptors (Lipinski definition) is 3. The quantitative estimate of drug-likeness (QED) is 0.803. The molecular weight excluding hydrogens is 214 g/mol. The molecule has 0 bridgehead atoms. The van der Waals surface area contributed by atoms with Crippen molar-refractivity contribution in [2.45, 2.75) is 12.6 Å². The summed E-state index contributed by atoms with van der Waals surface area (Å²) in [5, 5.41) is 2.98. The molecule has 1 aromatic carbocycles. The van der Waals surface area contributed by atoms with E-state index in [1.165, 1.54) is 6.07 Å². The van der Waals surface area contributed by atoms with Crippen LogP contribution in [0.2, 0.25) is 0 Å². The Kier molecular flexibility index (Phi) is 3.05. The minimum absolute atomic E-state index is 0.0165. The van der Waals surface area contributed by atoms with Gasteiger partial charge in [0, 0.05) is 12.6 Å². The number of nitrogens with two attached hydrogens (primary N) is 1. The molecule has 1 aliphatic heterocycles. The predicted molar refractivity (Wildman–Crippen MR) is 55.7 cm³/mol. The second-order valence-corrected chi connectivity index (χ2v) is 3.52. The lowest BCUT2D eigenvalue weighted by atomic mass is 10.2. The lowest BCUT2D eigenvalue weighted by Gasteiger charge is -2.24. The molecule has 0 saturated heterocycles. The summed E-state index contributed by atoms with van der Waals surface area (Å²) in [4.78, 5) is 0. The first-order chi connectivity index (χ1) is 7.66. The van der Waals surface area contributed by atoms with Crippen molar-refractivity contribution in [3.05, 3.63) is 41.6 Å². The molecular formula is C11H12F2N2O. The first-order valence-corrected chi connectivity index (χ1v) is 4.97. The highest BCUT2D eigenvalue weighted by Gasteiger charge is 2.17. The zero-order chi connectivity index (χ0) is 11.5. The van der Waals surface area contributed by atoms with Gasteiger partial charge >= 0.3 is 0 Å². The van der Waals surface area contributed by atoms with E-state index in [1.54, 1.807) is 0 Å². The van der Waals surface area contributed by atoms with Crippen LogP contribution in [0.25, 0.3) is 0 Å². The highest BCUT2D eigenvalue weighted by Crippen LogP contribution is 2.20. The molecule has 0 aliphatic carbocycles. The standard InChI is InChI=1S/C11H12F2N2O/c12-7-3-4-10(8(13)6-7)16-11-9(14)2-1-5-15-11/h2-4,6,11,15H,1,5,14H2/t11-/m1/s1. The van der Waals surface area contributed by atoms with Gasteiger partial charge in [0.05, 0.1) is 5.70 Å². The maximum Gasteiger partial charge on any atom is 0.190 e. The number of halogens is 2. The first kappa shape index (κ1) is 10.9. The summed E-state index contributed by atoms with van der Waals surface area (Å²) < 4.78 is 31.2. The number of benzene rings is 1. The van der Waals surface area contributed by atoms with E-state index in [0.29, 0.717) is 12.2 Å². The molecule has 1 heterocycles. The van der Waals surface area contributed by atoms with Crippen molar-refractivity contribution < 1.29 is 13.5 Å². The molecule has 0 radical (unpaired) electrons. The molecule has 1 aliphatic rings. The summed E-state index contributed by atoms with van der Waals surface area (Å²) in [5.74, 6) is -1.39. The van der Waals surface area contributed by atoms with E-state index in [9.17, 15) is 8.78 Å². The Morgan fingerprint density at radius 3 is 2.88 bits per heavy atom. The largest absolute Gasteiger partial charge is 0.467 e. The van der Waals surface area contributed by atoms with E-state index >= 15 is 0 Å². The van der Waals surface area contributed by atoms with Crippen molar-refractivity contribution in [1.82, 2.24) is 5.32 Å². The number of nitrogens with one attached hydrogen (secondary N) is 1.